The van der Waals surface area contributed by atoms with Gasteiger partial charge in [-0.3, -0.25) is 9.59 Å². The van der Waals surface area contributed by atoms with Gasteiger partial charge in [-0.25, -0.2) is 4.79 Å². The lowest BCUT2D eigenvalue weighted by Gasteiger charge is -2.12. The number of allylic oxidation sites excluding steroid dienone is 2. The highest BCUT2D eigenvalue weighted by molar-refractivity contribution is 5.83. The molecule has 0 spiro atoms. The number of methoxy groups -OCH3 is 1. The Morgan fingerprint density at radius 2 is 1.79 bits per heavy atom. The van der Waals surface area contributed by atoms with Crippen LogP contribution in [0.5, 0.6) is 11.5 Å². The van der Waals surface area contributed by atoms with Gasteiger partial charge in [-0.05, 0) is 56.2 Å². The van der Waals surface area contributed by atoms with E-state index in [9.17, 15) is 14.4 Å². The zero-order chi connectivity index (χ0) is 24.6. The Balaban J connectivity index is 2.39. The third kappa shape index (κ3) is 12.7. The van der Waals surface area contributed by atoms with Gasteiger partial charge in [-0.15, -0.1) is 0 Å². The van der Waals surface area contributed by atoms with Gasteiger partial charge in [-0.2, -0.15) is 0 Å². The van der Waals surface area contributed by atoms with E-state index in [0.717, 1.165) is 24.8 Å². The highest BCUT2D eigenvalue weighted by atomic mass is 16.6. The number of amides is 2. The smallest absolute Gasteiger partial charge is 0.412 e. The largest absolute Gasteiger partial charge is 0.493 e. The second-order valence-corrected chi connectivity index (χ2v) is 8.35. The highest BCUT2D eigenvalue weighted by Crippen LogP contribution is 2.28. The molecule has 8 nitrogen and oxygen atoms in total. The van der Waals surface area contributed by atoms with Gasteiger partial charge < -0.3 is 25.8 Å². The van der Waals surface area contributed by atoms with E-state index >= 15 is 0 Å². The van der Waals surface area contributed by atoms with Crippen LogP contribution in [0.25, 0.3) is 0 Å². The molecule has 0 bridgehead atoms. The molecule has 0 radical (unpaired) electrons. The van der Waals surface area contributed by atoms with Crippen molar-refractivity contribution >= 4 is 17.8 Å². The molecule has 0 aliphatic carbocycles. The molecule has 8 heteroatoms. The Morgan fingerprint density at radius 3 is 2.45 bits per heavy atom. The normalized spacial score (nSPS) is 11.9. The molecule has 0 saturated heterocycles. The predicted octanol–water partition coefficient (Wildman–Crippen LogP) is 3.87. The van der Waals surface area contributed by atoms with Crippen LogP contribution in [0.15, 0.2) is 30.4 Å². The first kappa shape index (κ1) is 28.2. The van der Waals surface area contributed by atoms with E-state index in [1.807, 2.05) is 0 Å². The Bertz CT molecular complexity index is 790. The van der Waals surface area contributed by atoms with Crippen molar-refractivity contribution in [2.75, 3.05) is 13.7 Å². The maximum atomic E-state index is 12.1. The van der Waals surface area contributed by atoms with Gasteiger partial charge in [0.2, 0.25) is 5.91 Å². The van der Waals surface area contributed by atoms with Gasteiger partial charge in [0, 0.05) is 25.9 Å². The van der Waals surface area contributed by atoms with Crippen LogP contribution in [0.2, 0.25) is 0 Å². The van der Waals surface area contributed by atoms with Crippen LogP contribution in [0.3, 0.4) is 0 Å². The van der Waals surface area contributed by atoms with E-state index in [4.69, 9.17) is 15.2 Å². The molecule has 0 aliphatic heterocycles. The first-order chi connectivity index (χ1) is 15.7. The van der Waals surface area contributed by atoms with Gasteiger partial charge in [0.1, 0.15) is 5.78 Å². The average molecular weight is 462 g/mol. The summed E-state index contributed by atoms with van der Waals surface area (Å²) in [6.07, 6.45) is 7.81. The van der Waals surface area contributed by atoms with E-state index in [1.54, 1.807) is 25.1 Å². The molecule has 1 rings (SSSR count). The molecule has 0 saturated carbocycles. The quantitative estimate of drug-likeness (QED) is 0.269. The summed E-state index contributed by atoms with van der Waals surface area (Å²) >= 11 is 0. The molecule has 1 aromatic rings. The minimum atomic E-state index is -0.633. The molecular formula is C25H39N3O5. The zero-order valence-corrected chi connectivity index (χ0v) is 20.3. The van der Waals surface area contributed by atoms with Crippen molar-refractivity contribution in [3.05, 3.63) is 35.9 Å². The fourth-order valence-corrected chi connectivity index (χ4v) is 2.93. The Kier molecular flexibility index (Phi) is 13.5. The third-order valence-electron chi connectivity index (χ3n) is 4.84. The summed E-state index contributed by atoms with van der Waals surface area (Å²) in [6, 6.07) is 4.62. The predicted molar refractivity (Wildman–Crippen MR) is 129 cm³/mol. The minimum Gasteiger partial charge on any atom is -0.493 e. The molecule has 0 aliphatic rings. The van der Waals surface area contributed by atoms with Crippen LogP contribution in [0.4, 0.5) is 4.79 Å². The zero-order valence-electron chi connectivity index (χ0n) is 20.3. The summed E-state index contributed by atoms with van der Waals surface area (Å²) in [7, 11) is 1.48. The number of carbonyl (C=O) groups is 3. The fourth-order valence-electron chi connectivity index (χ4n) is 2.93. The molecule has 0 heterocycles. The first-order valence-corrected chi connectivity index (χ1v) is 11.6. The SMILES string of the molecule is COc1cc(CNC(=O)CCCC/C=C/C(C)C)ccc1OC(=O)NCCCC(=O)[C@H](C)N. The lowest BCUT2D eigenvalue weighted by atomic mass is 10.1. The van der Waals surface area contributed by atoms with Crippen molar-refractivity contribution in [2.24, 2.45) is 11.7 Å². The van der Waals surface area contributed by atoms with Crippen molar-refractivity contribution in [2.45, 2.75) is 71.9 Å². The van der Waals surface area contributed by atoms with Crippen LogP contribution < -0.4 is 25.8 Å². The van der Waals surface area contributed by atoms with Crippen LogP contribution >= 0.6 is 0 Å². The average Bonchev–Trinajstić information content (AvgIpc) is 2.77. The van der Waals surface area contributed by atoms with Crippen LogP contribution in [0.1, 0.15) is 64.9 Å². The summed E-state index contributed by atoms with van der Waals surface area (Å²) in [5.74, 6) is 1.17. The first-order valence-electron chi connectivity index (χ1n) is 11.6. The number of Topliss-reactive ketones (excluding diaryl/α,β-unsaturated/α-hetero) is 1. The Morgan fingerprint density at radius 1 is 1.03 bits per heavy atom. The molecule has 33 heavy (non-hydrogen) atoms. The number of hydrogen-bond donors (Lipinski definition) is 3. The van der Waals surface area contributed by atoms with Crippen molar-refractivity contribution in [1.29, 1.82) is 0 Å². The second kappa shape index (κ2) is 15.9. The van der Waals surface area contributed by atoms with Crippen molar-refractivity contribution in [1.82, 2.24) is 10.6 Å². The van der Waals surface area contributed by atoms with Gasteiger partial charge in [-0.1, -0.05) is 32.1 Å². The Hall–Kier alpha value is -2.87. The van der Waals surface area contributed by atoms with E-state index < -0.39 is 12.1 Å². The summed E-state index contributed by atoms with van der Waals surface area (Å²) < 4.78 is 10.6. The molecule has 1 aromatic carbocycles. The van der Waals surface area contributed by atoms with E-state index in [1.165, 1.54) is 7.11 Å². The maximum Gasteiger partial charge on any atom is 0.412 e. The topological polar surface area (TPSA) is 120 Å². The number of unbranched alkanes of at least 4 members (excludes halogenated alkanes) is 2. The summed E-state index contributed by atoms with van der Waals surface area (Å²) in [5, 5.41) is 5.50. The van der Waals surface area contributed by atoms with Crippen molar-refractivity contribution < 1.29 is 23.9 Å². The van der Waals surface area contributed by atoms with E-state index in [0.29, 0.717) is 44.0 Å². The lowest BCUT2D eigenvalue weighted by Crippen LogP contribution is -2.30. The van der Waals surface area contributed by atoms with Gasteiger partial charge in [0.05, 0.1) is 13.2 Å². The van der Waals surface area contributed by atoms with Crippen LogP contribution in [-0.2, 0) is 16.1 Å². The molecule has 1 atom stereocenters. The number of hydrogen-bond acceptors (Lipinski definition) is 6. The Labute approximate surface area is 197 Å². The lowest BCUT2D eigenvalue weighted by molar-refractivity contribution is -0.121. The number of carbonyl (C=O) groups excluding carboxylic acids is 3. The number of ether oxygens (including phenoxy) is 2. The molecule has 2 amide bonds. The van der Waals surface area contributed by atoms with Gasteiger partial charge in [0.15, 0.2) is 11.5 Å². The minimum absolute atomic E-state index is 0.00372. The maximum absolute atomic E-state index is 12.1. The molecular weight excluding hydrogens is 422 g/mol. The molecule has 0 aromatic heterocycles. The molecule has 0 unspecified atom stereocenters. The monoisotopic (exact) mass is 461 g/mol. The number of rotatable bonds is 15. The van der Waals surface area contributed by atoms with Crippen molar-refractivity contribution in [3.8, 4) is 11.5 Å². The van der Waals surface area contributed by atoms with Crippen LogP contribution in [0, 0.1) is 5.92 Å². The third-order valence-corrected chi connectivity index (χ3v) is 4.84. The molecule has 184 valence electrons. The highest BCUT2D eigenvalue weighted by Gasteiger charge is 2.12. The summed E-state index contributed by atoms with van der Waals surface area (Å²) in [4.78, 5) is 35.5. The summed E-state index contributed by atoms with van der Waals surface area (Å²) in [6.45, 7) is 6.59. The number of ketones is 1. The number of benzene rings is 1. The van der Waals surface area contributed by atoms with Crippen molar-refractivity contribution in [3.63, 3.8) is 0 Å². The fraction of sp³-hybridized carbons (Fsp3) is 0.560. The molecule has 4 N–H and O–H groups in total. The van der Waals surface area contributed by atoms with Gasteiger partial charge >= 0.3 is 6.09 Å². The second-order valence-electron chi connectivity index (χ2n) is 8.35. The molecule has 0 fully saturated rings. The van der Waals surface area contributed by atoms with Gasteiger partial charge in [0.25, 0.3) is 0 Å². The van der Waals surface area contributed by atoms with E-state index in [-0.39, 0.29) is 17.4 Å². The standard InChI is InChI=1S/C25H39N3O5/c1-18(2)10-7-5-6-8-12-24(30)28-17-20-13-14-22(23(16-20)32-4)33-25(31)27-15-9-11-21(29)19(3)26/h7,10,13-14,16,18-19H,5-6,8-9,11-12,15,17,26H2,1-4H3,(H,27,31)(H,28,30)/b10-7+/t19-/m0/s1. The van der Waals surface area contributed by atoms with E-state index in [2.05, 4.69) is 36.6 Å². The summed E-state index contributed by atoms with van der Waals surface area (Å²) in [5.41, 5.74) is 6.34. The number of nitrogens with one attached hydrogen (secondary N) is 2. The number of nitrogens with two attached hydrogens (primary N) is 1. The van der Waals surface area contributed by atoms with Crippen LogP contribution in [-0.4, -0.2) is 37.5 Å².